The highest BCUT2D eigenvalue weighted by Crippen LogP contribution is 2.19. The molecule has 290 valence electrons. The number of hydrogen-bond acceptors (Lipinski definition) is 10. The van der Waals surface area contributed by atoms with Crippen LogP contribution in [0, 0.1) is 5.41 Å². The number of carbonyl (C=O) groups excluding carboxylic acids is 2. The molecule has 0 radical (unpaired) electrons. The zero-order valence-electron chi connectivity index (χ0n) is 31.5. The van der Waals surface area contributed by atoms with Gasteiger partial charge in [-0.15, -0.1) is 15.3 Å². The lowest BCUT2D eigenvalue weighted by Crippen LogP contribution is -2.22. The summed E-state index contributed by atoms with van der Waals surface area (Å²) in [5.41, 5.74) is 44.5. The van der Waals surface area contributed by atoms with Crippen LogP contribution in [0.25, 0.3) is 0 Å². The molecule has 0 bridgehead atoms. The Balaban J connectivity index is 1.91. The lowest BCUT2D eigenvalue weighted by Gasteiger charge is -2.11. The highest BCUT2D eigenvalue weighted by molar-refractivity contribution is 6.07. The zero-order chi connectivity index (χ0) is 40.2. The Labute approximate surface area is 315 Å². The van der Waals surface area contributed by atoms with Crippen LogP contribution in [0.5, 0.6) is 0 Å². The van der Waals surface area contributed by atoms with Crippen molar-refractivity contribution in [3.8, 4) is 0 Å². The minimum absolute atomic E-state index is 0.0447. The molecule has 1 amide bonds. The smallest absolute Gasteiger partial charge is 0.224 e. The third-order valence-electron chi connectivity index (χ3n) is 7.82. The highest BCUT2D eigenvalue weighted by Gasteiger charge is 2.12. The van der Waals surface area contributed by atoms with Gasteiger partial charge in [0, 0.05) is 41.8 Å². The molecular formula is C36H54N16O2. The number of nitrogens with two attached hydrogens (primary N) is 7. The van der Waals surface area contributed by atoms with Gasteiger partial charge in [-0.2, -0.15) is 15.3 Å². The Hall–Kier alpha value is -6.46. The van der Waals surface area contributed by atoms with E-state index in [0.717, 1.165) is 48.8 Å². The minimum Gasteiger partial charge on any atom is -0.386 e. The molecule has 2 aromatic carbocycles. The van der Waals surface area contributed by atoms with Gasteiger partial charge in [0.1, 0.15) is 11.6 Å². The molecule has 2 aromatic rings. The van der Waals surface area contributed by atoms with Crippen LogP contribution in [0.4, 0.5) is 5.69 Å². The van der Waals surface area contributed by atoms with E-state index in [-0.39, 0.29) is 48.4 Å². The first kappa shape index (κ1) is 43.7. The van der Waals surface area contributed by atoms with E-state index in [1.807, 2.05) is 31.2 Å². The quantitative estimate of drug-likeness (QED) is 0.0391. The van der Waals surface area contributed by atoms with Crippen molar-refractivity contribution in [3.63, 3.8) is 0 Å². The number of anilines is 1. The van der Waals surface area contributed by atoms with Crippen molar-refractivity contribution in [2.45, 2.75) is 85.5 Å². The number of carbonyl (C=O) groups is 2. The third-order valence-corrected chi connectivity index (χ3v) is 7.82. The van der Waals surface area contributed by atoms with Gasteiger partial charge in [0.15, 0.2) is 0 Å². The third kappa shape index (κ3) is 17.2. The summed E-state index contributed by atoms with van der Waals surface area (Å²) in [6.45, 7) is 7.14. The molecule has 0 saturated carbocycles. The Morgan fingerprint density at radius 2 is 0.963 bits per heavy atom. The Bertz CT molecular complexity index is 1810. The molecule has 0 aliphatic carbocycles. The molecule has 2 rings (SSSR count). The first-order valence-corrected chi connectivity index (χ1v) is 17.4. The number of rotatable bonds is 21. The second-order valence-corrected chi connectivity index (χ2v) is 12.7. The molecule has 0 atom stereocenters. The van der Waals surface area contributed by atoms with Gasteiger partial charge in [-0.3, -0.25) is 20.0 Å². The fourth-order valence-electron chi connectivity index (χ4n) is 5.05. The van der Waals surface area contributed by atoms with Gasteiger partial charge >= 0.3 is 0 Å². The van der Waals surface area contributed by atoms with E-state index < -0.39 is 0 Å². The van der Waals surface area contributed by atoms with Crippen molar-refractivity contribution in [1.82, 2.24) is 0 Å². The molecule has 0 aliphatic rings. The maximum absolute atomic E-state index is 13.0. The van der Waals surface area contributed by atoms with E-state index in [9.17, 15) is 9.59 Å². The molecule has 18 heteroatoms. The summed E-state index contributed by atoms with van der Waals surface area (Å²) in [6, 6.07) is 11.0. The number of amidine groups is 1. The number of hydrogen-bond donors (Lipinski definition) is 9. The van der Waals surface area contributed by atoms with E-state index in [1.54, 1.807) is 32.9 Å². The summed E-state index contributed by atoms with van der Waals surface area (Å²) in [6.07, 6.45) is 6.21. The number of Topliss-reactive ketones (excluding diaryl/α,β-unsaturated/α-hetero) is 1. The van der Waals surface area contributed by atoms with Gasteiger partial charge in [0.25, 0.3) is 0 Å². The summed E-state index contributed by atoms with van der Waals surface area (Å²) in [5.74, 6) is -0.582. The predicted molar refractivity (Wildman–Crippen MR) is 220 cm³/mol. The van der Waals surface area contributed by atoms with Gasteiger partial charge in [-0.05, 0) is 93.6 Å². The molecule has 0 aromatic heterocycles. The molecule has 0 fully saturated rings. The maximum Gasteiger partial charge on any atom is 0.224 e. The number of aliphatic imine (C=N–C) groups is 1. The normalized spacial score (nSPS) is 12.1. The van der Waals surface area contributed by atoms with Crippen LogP contribution >= 0.6 is 0 Å². The SMILES string of the molecule is CC(=NCC(=N)N)c1cc(CC(=O)CCCCCCCCC(=O)Nc2cc(/C(C)=N/N=C(N)N)cc(/C(C)=N/N=C(N)N)c2)cc(/C(C)=N/N=C(N)N)c1. The molecular weight excluding hydrogens is 689 g/mol. The van der Waals surface area contributed by atoms with Crippen molar-refractivity contribution in [3.05, 3.63) is 64.2 Å². The number of nitrogens with zero attached hydrogens (tertiary/aromatic N) is 7. The zero-order valence-corrected chi connectivity index (χ0v) is 31.5. The highest BCUT2D eigenvalue weighted by atomic mass is 16.1. The molecule has 0 aliphatic heterocycles. The van der Waals surface area contributed by atoms with E-state index in [4.69, 9.17) is 45.5 Å². The van der Waals surface area contributed by atoms with Crippen LogP contribution in [0.3, 0.4) is 0 Å². The fraction of sp³-hybridized carbons (Fsp3) is 0.389. The van der Waals surface area contributed by atoms with Crippen molar-refractivity contribution in [1.29, 1.82) is 5.41 Å². The standard InChI is InChI=1S/C36H54N16O2/c1-21(45-20-32(37)38)26-13-25(14-27(16-26)22(2)47-50-34(39)40)15-31(53)11-9-7-5-6-8-10-12-33(54)46-30-18-28(23(3)48-51-35(41)42)17-29(19-30)24(4)49-52-36(43)44/h13-14,16-19H,5-12,15,20H2,1-4H3,(H3,37,38)(H,46,54)(H4,39,40,50)(H4,41,42,51)(H4,43,44,52)/b45-21?,47-22+,48-23+,49-24+. The van der Waals surface area contributed by atoms with E-state index in [1.165, 1.54) is 0 Å². The van der Waals surface area contributed by atoms with Crippen molar-refractivity contribution in [2.24, 2.45) is 75.7 Å². The second-order valence-electron chi connectivity index (χ2n) is 12.7. The molecule has 0 saturated heterocycles. The van der Waals surface area contributed by atoms with Crippen molar-refractivity contribution in [2.75, 3.05) is 11.9 Å². The molecule has 0 spiro atoms. The van der Waals surface area contributed by atoms with Gasteiger partial charge in [-0.1, -0.05) is 25.7 Å². The molecule has 16 N–H and O–H groups in total. The first-order valence-electron chi connectivity index (χ1n) is 17.4. The van der Waals surface area contributed by atoms with Gasteiger partial charge < -0.3 is 45.5 Å². The van der Waals surface area contributed by atoms with Crippen LogP contribution in [0.15, 0.2) is 72.0 Å². The predicted octanol–water partition coefficient (Wildman–Crippen LogP) is 2.29. The van der Waals surface area contributed by atoms with Crippen molar-refractivity contribution < 1.29 is 9.59 Å². The van der Waals surface area contributed by atoms with Gasteiger partial charge in [-0.25, -0.2) is 0 Å². The summed E-state index contributed by atoms with van der Waals surface area (Å²) < 4.78 is 0. The Morgan fingerprint density at radius 1 is 0.556 bits per heavy atom. The number of amides is 1. The largest absolute Gasteiger partial charge is 0.386 e. The molecule has 18 nitrogen and oxygen atoms in total. The number of guanidine groups is 3. The number of ketones is 1. The average molecular weight is 743 g/mol. The lowest BCUT2D eigenvalue weighted by molar-refractivity contribution is -0.118. The summed E-state index contributed by atoms with van der Waals surface area (Å²) in [4.78, 5) is 30.2. The van der Waals surface area contributed by atoms with Gasteiger partial charge in [0.2, 0.25) is 23.8 Å². The van der Waals surface area contributed by atoms with Gasteiger partial charge in [0.05, 0.1) is 23.7 Å². The van der Waals surface area contributed by atoms with E-state index in [2.05, 4.69) is 40.9 Å². The van der Waals surface area contributed by atoms with E-state index in [0.29, 0.717) is 58.9 Å². The van der Waals surface area contributed by atoms with Crippen LogP contribution in [-0.4, -0.2) is 64.8 Å². The lowest BCUT2D eigenvalue weighted by atomic mass is 9.96. The molecule has 0 unspecified atom stereocenters. The minimum atomic E-state index is -0.181. The average Bonchev–Trinajstić information content (AvgIpc) is 3.11. The second kappa shape index (κ2) is 22.5. The van der Waals surface area contributed by atoms with Crippen LogP contribution < -0.4 is 45.5 Å². The Morgan fingerprint density at radius 3 is 1.41 bits per heavy atom. The number of benzene rings is 2. The summed E-state index contributed by atoms with van der Waals surface area (Å²) >= 11 is 0. The van der Waals surface area contributed by atoms with Crippen LogP contribution in [0.1, 0.15) is 107 Å². The number of unbranched alkanes of at least 4 members (excludes halogenated alkanes) is 5. The van der Waals surface area contributed by atoms with E-state index >= 15 is 0 Å². The summed E-state index contributed by atoms with van der Waals surface area (Å²) in [7, 11) is 0. The fourth-order valence-corrected chi connectivity index (χ4v) is 5.05. The molecule has 54 heavy (non-hydrogen) atoms. The topological polar surface area (TPSA) is 339 Å². The monoisotopic (exact) mass is 742 g/mol. The molecule has 0 heterocycles. The van der Waals surface area contributed by atoms with Crippen LogP contribution in [-0.2, 0) is 16.0 Å². The first-order chi connectivity index (χ1) is 25.5. The Kier molecular flexibility index (Phi) is 18.2. The summed E-state index contributed by atoms with van der Waals surface area (Å²) in [5, 5.41) is 33.7. The van der Waals surface area contributed by atoms with Crippen LogP contribution in [0.2, 0.25) is 0 Å². The maximum atomic E-state index is 13.0. The number of nitrogens with one attached hydrogen (secondary N) is 2. The van der Waals surface area contributed by atoms with Crippen molar-refractivity contribution >= 4 is 63.9 Å².